The Morgan fingerprint density at radius 3 is 2.85 bits per heavy atom. The molecule has 0 spiro atoms. The van der Waals surface area contributed by atoms with Gasteiger partial charge in [-0.15, -0.1) is 0 Å². The van der Waals surface area contributed by atoms with Crippen molar-refractivity contribution in [3.8, 4) is 0 Å². The standard InChI is InChI=1S/C12H13BrN2O5/c1-14(11-6-20-5-8(11)12(16)17)10-4-7(13)2-3-9(10)15(18)19/h2-4,8,11H,5-6H2,1H3,(H,16,17). The summed E-state index contributed by atoms with van der Waals surface area (Å²) in [6.45, 7) is 0.350. The zero-order valence-electron chi connectivity index (χ0n) is 10.7. The summed E-state index contributed by atoms with van der Waals surface area (Å²) in [6.07, 6.45) is 0. The lowest BCUT2D eigenvalue weighted by Gasteiger charge is -2.28. The Balaban J connectivity index is 2.37. The fraction of sp³-hybridized carbons (Fsp3) is 0.417. The van der Waals surface area contributed by atoms with Gasteiger partial charge in [-0.1, -0.05) is 15.9 Å². The van der Waals surface area contributed by atoms with Crippen molar-refractivity contribution in [2.24, 2.45) is 5.92 Å². The molecule has 8 heteroatoms. The zero-order valence-corrected chi connectivity index (χ0v) is 12.2. The third kappa shape index (κ3) is 2.75. The molecule has 1 saturated heterocycles. The second kappa shape index (κ2) is 5.76. The van der Waals surface area contributed by atoms with Crippen molar-refractivity contribution in [3.63, 3.8) is 0 Å². The monoisotopic (exact) mass is 344 g/mol. The highest BCUT2D eigenvalue weighted by molar-refractivity contribution is 9.10. The Labute approximate surface area is 123 Å². The van der Waals surface area contributed by atoms with E-state index in [1.807, 2.05) is 0 Å². The summed E-state index contributed by atoms with van der Waals surface area (Å²) in [6, 6.07) is 4.15. The Hall–Kier alpha value is -1.67. The Bertz CT molecular complexity index is 551. The van der Waals surface area contributed by atoms with Crippen molar-refractivity contribution >= 4 is 33.3 Å². The molecule has 1 heterocycles. The van der Waals surface area contributed by atoms with Gasteiger partial charge in [0.1, 0.15) is 11.6 Å². The number of halogens is 1. The summed E-state index contributed by atoms with van der Waals surface area (Å²) < 4.78 is 5.89. The highest BCUT2D eigenvalue weighted by atomic mass is 79.9. The van der Waals surface area contributed by atoms with Gasteiger partial charge >= 0.3 is 5.97 Å². The molecule has 2 rings (SSSR count). The van der Waals surface area contributed by atoms with E-state index in [9.17, 15) is 14.9 Å². The summed E-state index contributed by atoms with van der Waals surface area (Å²) in [7, 11) is 1.64. The molecule has 7 nitrogen and oxygen atoms in total. The number of nitro groups is 1. The number of likely N-dealkylation sites (N-methyl/N-ethyl adjacent to an activating group) is 1. The predicted octanol–water partition coefficient (Wildman–Crippen LogP) is 1.89. The van der Waals surface area contributed by atoms with E-state index in [0.717, 1.165) is 0 Å². The zero-order chi connectivity index (χ0) is 14.9. The van der Waals surface area contributed by atoms with E-state index in [1.54, 1.807) is 24.1 Å². The van der Waals surface area contributed by atoms with Gasteiger partial charge < -0.3 is 14.7 Å². The molecule has 1 aliphatic rings. The molecule has 1 aliphatic heterocycles. The van der Waals surface area contributed by atoms with Gasteiger partial charge in [-0.05, 0) is 12.1 Å². The SMILES string of the molecule is CN(c1cc(Br)ccc1[N+](=O)[O-])C1COCC1C(=O)O. The molecule has 0 saturated carbocycles. The molecular weight excluding hydrogens is 332 g/mol. The predicted molar refractivity (Wildman–Crippen MR) is 74.9 cm³/mol. The molecule has 1 aromatic rings. The molecular formula is C12H13BrN2O5. The topological polar surface area (TPSA) is 92.9 Å². The largest absolute Gasteiger partial charge is 0.481 e. The summed E-state index contributed by atoms with van der Waals surface area (Å²) >= 11 is 3.27. The first-order valence-electron chi connectivity index (χ1n) is 5.89. The number of anilines is 1. The van der Waals surface area contributed by atoms with E-state index >= 15 is 0 Å². The maximum absolute atomic E-state index is 11.2. The molecule has 1 fully saturated rings. The van der Waals surface area contributed by atoms with Gasteiger partial charge in [0.2, 0.25) is 0 Å². The van der Waals surface area contributed by atoms with Crippen LogP contribution < -0.4 is 4.90 Å². The molecule has 0 aliphatic carbocycles. The number of carboxylic acids is 1. The summed E-state index contributed by atoms with van der Waals surface area (Å²) in [5, 5.41) is 20.2. The lowest BCUT2D eigenvalue weighted by Crippen LogP contribution is -2.41. The van der Waals surface area contributed by atoms with Gasteiger partial charge in [-0.2, -0.15) is 0 Å². The number of nitrogens with zero attached hydrogens (tertiary/aromatic N) is 2. The van der Waals surface area contributed by atoms with Crippen molar-refractivity contribution < 1.29 is 19.6 Å². The first-order chi connectivity index (χ1) is 9.41. The van der Waals surface area contributed by atoms with Crippen molar-refractivity contribution in [2.45, 2.75) is 6.04 Å². The van der Waals surface area contributed by atoms with Gasteiger partial charge in [0.05, 0.1) is 24.2 Å². The lowest BCUT2D eigenvalue weighted by molar-refractivity contribution is -0.384. The summed E-state index contributed by atoms with van der Waals surface area (Å²) in [5.74, 6) is -1.66. The van der Waals surface area contributed by atoms with Gasteiger partial charge in [0, 0.05) is 17.6 Å². The number of carboxylic acid groups (broad SMARTS) is 1. The van der Waals surface area contributed by atoms with Crippen molar-refractivity contribution in [3.05, 3.63) is 32.8 Å². The van der Waals surface area contributed by atoms with E-state index in [-0.39, 0.29) is 18.9 Å². The van der Waals surface area contributed by atoms with Gasteiger partial charge in [0.25, 0.3) is 5.69 Å². The van der Waals surface area contributed by atoms with E-state index in [2.05, 4.69) is 15.9 Å². The van der Waals surface area contributed by atoms with Crippen LogP contribution in [0.1, 0.15) is 0 Å². The molecule has 20 heavy (non-hydrogen) atoms. The van der Waals surface area contributed by atoms with Crippen LogP contribution in [-0.2, 0) is 9.53 Å². The fourth-order valence-corrected chi connectivity index (χ4v) is 2.62. The minimum Gasteiger partial charge on any atom is -0.481 e. The number of nitro benzene ring substituents is 1. The van der Waals surface area contributed by atoms with Gasteiger partial charge in [-0.25, -0.2) is 0 Å². The van der Waals surface area contributed by atoms with E-state index in [1.165, 1.54) is 6.07 Å². The average Bonchev–Trinajstić information content (AvgIpc) is 2.86. The third-order valence-corrected chi connectivity index (χ3v) is 3.87. The number of hydrogen-bond acceptors (Lipinski definition) is 5. The molecule has 0 aromatic heterocycles. The van der Waals surface area contributed by atoms with Crippen molar-refractivity contribution in [2.75, 3.05) is 25.2 Å². The number of ether oxygens (including phenoxy) is 1. The number of benzene rings is 1. The number of aliphatic carboxylic acids is 1. The van der Waals surface area contributed by atoms with Crippen LogP contribution in [0.3, 0.4) is 0 Å². The van der Waals surface area contributed by atoms with Crippen LogP contribution in [0.2, 0.25) is 0 Å². The third-order valence-electron chi connectivity index (χ3n) is 3.38. The molecule has 2 atom stereocenters. The molecule has 0 bridgehead atoms. The fourth-order valence-electron chi connectivity index (χ4n) is 2.27. The molecule has 1 N–H and O–H groups in total. The highest BCUT2D eigenvalue weighted by Crippen LogP contribution is 2.34. The van der Waals surface area contributed by atoms with Crippen LogP contribution in [0.5, 0.6) is 0 Å². The van der Waals surface area contributed by atoms with Crippen LogP contribution in [0.25, 0.3) is 0 Å². The Morgan fingerprint density at radius 2 is 2.25 bits per heavy atom. The second-order valence-corrected chi connectivity index (χ2v) is 5.47. The van der Waals surface area contributed by atoms with Crippen LogP contribution in [-0.4, -0.2) is 42.3 Å². The van der Waals surface area contributed by atoms with Crippen LogP contribution in [0.15, 0.2) is 22.7 Å². The first-order valence-corrected chi connectivity index (χ1v) is 6.68. The number of rotatable bonds is 4. The second-order valence-electron chi connectivity index (χ2n) is 4.55. The van der Waals surface area contributed by atoms with Crippen LogP contribution >= 0.6 is 15.9 Å². The quantitative estimate of drug-likeness (QED) is 0.662. The molecule has 2 unspecified atom stereocenters. The highest BCUT2D eigenvalue weighted by Gasteiger charge is 2.38. The van der Waals surface area contributed by atoms with E-state index in [0.29, 0.717) is 10.2 Å². The average molecular weight is 345 g/mol. The van der Waals surface area contributed by atoms with Crippen LogP contribution in [0.4, 0.5) is 11.4 Å². The minimum absolute atomic E-state index is 0.0632. The lowest BCUT2D eigenvalue weighted by atomic mass is 10.0. The molecule has 108 valence electrons. The number of carbonyl (C=O) groups is 1. The summed E-state index contributed by atoms with van der Waals surface area (Å²) in [5.41, 5.74) is 0.304. The van der Waals surface area contributed by atoms with E-state index in [4.69, 9.17) is 9.84 Å². The minimum atomic E-state index is -0.961. The Morgan fingerprint density at radius 1 is 1.55 bits per heavy atom. The molecule has 0 radical (unpaired) electrons. The van der Waals surface area contributed by atoms with Gasteiger partial charge in [-0.3, -0.25) is 14.9 Å². The van der Waals surface area contributed by atoms with Crippen LogP contribution in [0, 0.1) is 16.0 Å². The Kier molecular flexibility index (Phi) is 4.24. The van der Waals surface area contributed by atoms with E-state index < -0.39 is 22.9 Å². The summed E-state index contributed by atoms with van der Waals surface area (Å²) in [4.78, 5) is 23.4. The normalized spacial score (nSPS) is 21.7. The van der Waals surface area contributed by atoms with Crippen molar-refractivity contribution in [1.29, 1.82) is 0 Å². The molecule has 1 aromatic carbocycles. The maximum Gasteiger partial charge on any atom is 0.311 e. The number of hydrogen-bond donors (Lipinski definition) is 1. The first kappa shape index (κ1) is 14.7. The maximum atomic E-state index is 11.2. The van der Waals surface area contributed by atoms with Gasteiger partial charge in [0.15, 0.2) is 0 Å². The molecule has 0 amide bonds. The smallest absolute Gasteiger partial charge is 0.311 e. The van der Waals surface area contributed by atoms with Crippen molar-refractivity contribution in [1.82, 2.24) is 0 Å².